The summed E-state index contributed by atoms with van der Waals surface area (Å²) in [5.74, 6) is 0.281. The number of nitrogens with zero attached hydrogens (tertiary/aromatic N) is 2. The Labute approximate surface area is 111 Å². The lowest BCUT2D eigenvalue weighted by molar-refractivity contribution is 0.477. The highest BCUT2D eigenvalue weighted by Crippen LogP contribution is 2.21. The first-order chi connectivity index (χ1) is 9.22. The molecule has 2 N–H and O–H groups in total. The number of pyridine rings is 1. The van der Waals surface area contributed by atoms with Crippen LogP contribution in [-0.2, 0) is 16.6 Å². The summed E-state index contributed by atoms with van der Waals surface area (Å²) in [6, 6.07) is 10.6. The van der Waals surface area contributed by atoms with E-state index in [2.05, 4.69) is 9.97 Å². The van der Waals surface area contributed by atoms with Crippen molar-refractivity contribution >= 4 is 27.6 Å². The zero-order valence-corrected chi connectivity index (χ0v) is 10.8. The molecule has 0 aliphatic heterocycles. The minimum Gasteiger partial charge on any atom is -0.430 e. The molecule has 0 radical (unpaired) electrons. The molecule has 0 saturated heterocycles. The fourth-order valence-corrected chi connectivity index (χ4v) is 2.65. The van der Waals surface area contributed by atoms with E-state index in [1.807, 2.05) is 18.2 Å². The highest BCUT2D eigenvalue weighted by molar-refractivity contribution is 7.84. The van der Waals surface area contributed by atoms with Crippen molar-refractivity contribution in [1.82, 2.24) is 9.97 Å². The molecular weight excluding hydrogens is 262 g/mol. The van der Waals surface area contributed by atoms with Gasteiger partial charge in [-0.2, -0.15) is 0 Å². The quantitative estimate of drug-likeness (QED) is 0.739. The third-order valence-electron chi connectivity index (χ3n) is 2.59. The van der Waals surface area contributed by atoms with Crippen LogP contribution in [0.1, 0.15) is 5.69 Å². The number of anilines is 1. The van der Waals surface area contributed by atoms with E-state index in [4.69, 9.17) is 10.2 Å². The molecule has 5 nitrogen and oxygen atoms in total. The van der Waals surface area contributed by atoms with E-state index in [9.17, 15) is 4.21 Å². The van der Waals surface area contributed by atoms with Gasteiger partial charge in [-0.15, -0.1) is 0 Å². The van der Waals surface area contributed by atoms with E-state index in [1.165, 1.54) is 0 Å². The number of fused-ring (bicyclic) bond motifs is 1. The Hall–Kier alpha value is -2.21. The molecule has 0 saturated carbocycles. The van der Waals surface area contributed by atoms with Crippen LogP contribution in [0.25, 0.3) is 11.1 Å². The molecule has 1 aromatic carbocycles. The molecule has 0 amide bonds. The highest BCUT2D eigenvalue weighted by atomic mass is 32.2. The molecule has 2 aromatic heterocycles. The minimum atomic E-state index is -1.35. The molecule has 96 valence electrons. The maximum absolute atomic E-state index is 12.2. The van der Waals surface area contributed by atoms with Crippen LogP contribution in [0, 0.1) is 0 Å². The first kappa shape index (κ1) is 11.9. The Kier molecular flexibility index (Phi) is 3.00. The average molecular weight is 273 g/mol. The Bertz CT molecular complexity index is 740. The number of rotatable bonds is 3. The number of nitrogens with two attached hydrogens (primary N) is 1. The monoisotopic (exact) mass is 273 g/mol. The molecule has 0 spiro atoms. The first-order valence-corrected chi connectivity index (χ1v) is 6.98. The topological polar surface area (TPSA) is 82.0 Å². The Morgan fingerprint density at radius 2 is 2.16 bits per heavy atom. The van der Waals surface area contributed by atoms with Crippen LogP contribution in [0.15, 0.2) is 52.2 Å². The molecule has 0 aliphatic carbocycles. The Morgan fingerprint density at radius 1 is 1.26 bits per heavy atom. The van der Waals surface area contributed by atoms with Crippen LogP contribution >= 0.6 is 0 Å². The van der Waals surface area contributed by atoms with Gasteiger partial charge in [0.2, 0.25) is 0 Å². The van der Waals surface area contributed by atoms with Gasteiger partial charge in [0.25, 0.3) is 5.22 Å². The van der Waals surface area contributed by atoms with Gasteiger partial charge in [-0.3, -0.25) is 4.98 Å². The molecule has 3 rings (SSSR count). The smallest absolute Gasteiger partial charge is 0.288 e. The maximum atomic E-state index is 12.2. The molecule has 6 heteroatoms. The average Bonchev–Trinajstić information content (AvgIpc) is 2.83. The van der Waals surface area contributed by atoms with Crippen molar-refractivity contribution in [2.24, 2.45) is 0 Å². The van der Waals surface area contributed by atoms with Crippen LogP contribution in [0.3, 0.4) is 0 Å². The van der Waals surface area contributed by atoms with E-state index < -0.39 is 10.8 Å². The summed E-state index contributed by atoms with van der Waals surface area (Å²) in [6.07, 6.45) is 1.67. The molecule has 0 fully saturated rings. The van der Waals surface area contributed by atoms with Crippen LogP contribution in [0.4, 0.5) is 5.69 Å². The van der Waals surface area contributed by atoms with Crippen molar-refractivity contribution in [2.45, 2.75) is 11.0 Å². The SMILES string of the molecule is Nc1ccc2oc(S(=O)Cc3ccccn3)nc2c1. The maximum Gasteiger partial charge on any atom is 0.288 e. The van der Waals surface area contributed by atoms with Crippen LogP contribution in [0.5, 0.6) is 0 Å². The lowest BCUT2D eigenvalue weighted by atomic mass is 10.3. The fraction of sp³-hybridized carbons (Fsp3) is 0.0769. The minimum absolute atomic E-state index is 0.200. The second kappa shape index (κ2) is 4.81. The van der Waals surface area contributed by atoms with Gasteiger partial charge >= 0.3 is 0 Å². The summed E-state index contributed by atoms with van der Waals surface area (Å²) in [6.45, 7) is 0. The third kappa shape index (κ3) is 2.48. The lowest BCUT2D eigenvalue weighted by Gasteiger charge is -1.96. The number of nitrogen functional groups attached to an aromatic ring is 1. The van der Waals surface area contributed by atoms with Gasteiger partial charge in [-0.05, 0) is 30.3 Å². The van der Waals surface area contributed by atoms with Gasteiger partial charge in [0, 0.05) is 11.9 Å². The van der Waals surface area contributed by atoms with E-state index in [0.717, 1.165) is 5.69 Å². The van der Waals surface area contributed by atoms with Gasteiger partial charge < -0.3 is 10.2 Å². The lowest BCUT2D eigenvalue weighted by Crippen LogP contribution is -1.98. The van der Waals surface area contributed by atoms with Crippen molar-refractivity contribution in [3.8, 4) is 0 Å². The summed E-state index contributed by atoms with van der Waals surface area (Å²) in [7, 11) is -1.35. The molecule has 0 bridgehead atoms. The molecule has 2 heterocycles. The summed E-state index contributed by atoms with van der Waals surface area (Å²) in [5.41, 5.74) is 8.20. The van der Waals surface area contributed by atoms with Crippen LogP contribution in [0.2, 0.25) is 0 Å². The molecule has 0 aliphatic rings. The summed E-state index contributed by atoms with van der Waals surface area (Å²) in [5, 5.41) is 0.200. The highest BCUT2D eigenvalue weighted by Gasteiger charge is 2.14. The van der Waals surface area contributed by atoms with Crippen LogP contribution < -0.4 is 5.73 Å². The van der Waals surface area contributed by atoms with Crippen molar-refractivity contribution in [1.29, 1.82) is 0 Å². The molecule has 1 unspecified atom stereocenters. The van der Waals surface area contributed by atoms with Gasteiger partial charge in [0.15, 0.2) is 5.58 Å². The summed E-state index contributed by atoms with van der Waals surface area (Å²) < 4.78 is 17.6. The normalized spacial score (nSPS) is 12.6. The number of hydrogen-bond donors (Lipinski definition) is 1. The second-order valence-corrected chi connectivity index (χ2v) is 5.35. The van der Waals surface area contributed by atoms with Crippen molar-refractivity contribution in [3.05, 3.63) is 48.3 Å². The Balaban J connectivity index is 1.89. The fourth-order valence-electron chi connectivity index (χ4n) is 1.70. The Morgan fingerprint density at radius 3 is 2.95 bits per heavy atom. The van der Waals surface area contributed by atoms with Crippen molar-refractivity contribution < 1.29 is 8.63 Å². The van der Waals surface area contributed by atoms with Gasteiger partial charge in [-0.1, -0.05) is 6.07 Å². The van der Waals surface area contributed by atoms with Gasteiger partial charge in [0.1, 0.15) is 16.3 Å². The van der Waals surface area contributed by atoms with Crippen molar-refractivity contribution in [2.75, 3.05) is 5.73 Å². The zero-order chi connectivity index (χ0) is 13.2. The van der Waals surface area contributed by atoms with E-state index in [1.54, 1.807) is 24.4 Å². The van der Waals surface area contributed by atoms with Gasteiger partial charge in [-0.25, -0.2) is 9.19 Å². The molecule has 1 atom stereocenters. The molecule has 3 aromatic rings. The zero-order valence-electron chi connectivity index (χ0n) is 9.95. The number of oxazole rings is 1. The predicted molar refractivity (Wildman–Crippen MR) is 72.8 cm³/mol. The van der Waals surface area contributed by atoms with E-state index >= 15 is 0 Å². The van der Waals surface area contributed by atoms with Gasteiger partial charge in [0.05, 0.1) is 11.4 Å². The van der Waals surface area contributed by atoms with E-state index in [0.29, 0.717) is 16.8 Å². The largest absolute Gasteiger partial charge is 0.430 e. The number of hydrogen-bond acceptors (Lipinski definition) is 5. The van der Waals surface area contributed by atoms with Crippen molar-refractivity contribution in [3.63, 3.8) is 0 Å². The van der Waals surface area contributed by atoms with E-state index in [-0.39, 0.29) is 11.0 Å². The molecular formula is C13H11N3O2S. The summed E-state index contributed by atoms with van der Waals surface area (Å²) >= 11 is 0. The second-order valence-electron chi connectivity index (χ2n) is 4.02. The predicted octanol–water partition coefficient (Wildman–Crippen LogP) is 2.11. The van der Waals surface area contributed by atoms with Crippen LogP contribution in [-0.4, -0.2) is 14.2 Å². The standard InChI is InChI=1S/C13H11N3O2S/c14-9-4-5-12-11(7-9)16-13(18-12)19(17)8-10-3-1-2-6-15-10/h1-7H,8,14H2. The number of aromatic nitrogens is 2. The third-order valence-corrected chi connectivity index (χ3v) is 3.71. The summed E-state index contributed by atoms with van der Waals surface area (Å²) in [4.78, 5) is 8.32. The molecule has 19 heavy (non-hydrogen) atoms. The number of benzene rings is 1. The first-order valence-electron chi connectivity index (χ1n) is 5.67.